The fourth-order valence-corrected chi connectivity index (χ4v) is 5.77. The van der Waals surface area contributed by atoms with Gasteiger partial charge in [0, 0.05) is 38.8 Å². The molecular formula is C28H37ClFN5O6S. The Hall–Kier alpha value is -3.03. The number of likely N-dealkylation sites (tertiary alicyclic amines) is 1. The van der Waals surface area contributed by atoms with Crippen molar-refractivity contribution in [3.63, 3.8) is 0 Å². The number of amides is 2. The van der Waals surface area contributed by atoms with Crippen LogP contribution in [0.2, 0.25) is 5.02 Å². The molecule has 11 nitrogen and oxygen atoms in total. The molecule has 2 aromatic rings. The summed E-state index contributed by atoms with van der Waals surface area (Å²) in [6, 6.07) is 4.54. The minimum absolute atomic E-state index is 0.101. The lowest BCUT2D eigenvalue weighted by atomic mass is 9.92. The molecule has 0 bridgehead atoms. The van der Waals surface area contributed by atoms with Gasteiger partial charge in [0.05, 0.1) is 42.1 Å². The molecule has 1 aromatic heterocycles. The van der Waals surface area contributed by atoms with Crippen LogP contribution in [-0.4, -0.2) is 84.7 Å². The van der Waals surface area contributed by atoms with Crippen LogP contribution in [0.5, 0.6) is 5.75 Å². The van der Waals surface area contributed by atoms with Gasteiger partial charge in [-0.05, 0) is 56.1 Å². The average Bonchev–Trinajstić information content (AvgIpc) is 2.92. The van der Waals surface area contributed by atoms with Gasteiger partial charge in [-0.25, -0.2) is 14.4 Å². The van der Waals surface area contributed by atoms with Gasteiger partial charge in [-0.2, -0.15) is 8.42 Å². The molecule has 0 radical (unpaired) electrons. The third-order valence-corrected chi connectivity index (χ3v) is 8.63. The van der Waals surface area contributed by atoms with Crippen molar-refractivity contribution in [2.24, 2.45) is 11.8 Å². The molecule has 230 valence electrons. The van der Waals surface area contributed by atoms with Crippen molar-refractivity contribution in [2.45, 2.75) is 44.9 Å². The first kappa shape index (κ1) is 31.9. The van der Waals surface area contributed by atoms with Crippen molar-refractivity contribution in [1.82, 2.24) is 20.2 Å². The summed E-state index contributed by atoms with van der Waals surface area (Å²) in [6.45, 7) is 3.07. The highest BCUT2D eigenvalue weighted by Gasteiger charge is 2.35. The third kappa shape index (κ3) is 9.77. The van der Waals surface area contributed by atoms with Gasteiger partial charge in [-0.1, -0.05) is 17.7 Å². The molecule has 0 unspecified atom stereocenters. The number of halogens is 2. The molecule has 4 rings (SSSR count). The average molecular weight is 626 g/mol. The number of anilines is 1. The van der Waals surface area contributed by atoms with E-state index in [2.05, 4.69) is 20.2 Å². The Morgan fingerprint density at radius 1 is 1.12 bits per heavy atom. The number of ether oxygens (including phenoxy) is 1. The molecule has 2 N–H and O–H groups in total. The van der Waals surface area contributed by atoms with Gasteiger partial charge in [0.1, 0.15) is 11.6 Å². The number of carbonyl (C=O) groups excluding carboxylic acids is 2. The number of hydrogen-bond donors (Lipinski definition) is 2. The van der Waals surface area contributed by atoms with Crippen LogP contribution in [0.15, 0.2) is 30.6 Å². The Morgan fingerprint density at radius 3 is 2.50 bits per heavy atom. The van der Waals surface area contributed by atoms with Crippen molar-refractivity contribution in [2.75, 3.05) is 50.0 Å². The number of nitrogens with one attached hydrogen (secondary N) is 1. The summed E-state index contributed by atoms with van der Waals surface area (Å²) >= 11 is 5.87. The molecule has 3 heterocycles. The van der Waals surface area contributed by atoms with Gasteiger partial charge in [-0.15, -0.1) is 0 Å². The van der Waals surface area contributed by atoms with E-state index in [0.717, 1.165) is 38.8 Å². The second-order valence-electron chi connectivity index (χ2n) is 10.8. The van der Waals surface area contributed by atoms with Gasteiger partial charge >= 0.3 is 0 Å². The van der Waals surface area contributed by atoms with Gasteiger partial charge in [-0.3, -0.25) is 14.1 Å². The third-order valence-electron chi connectivity index (χ3n) is 7.63. The Balaban J connectivity index is 1.09. The molecule has 2 fully saturated rings. The number of rotatable bonds is 14. The van der Waals surface area contributed by atoms with Crippen molar-refractivity contribution in [3.05, 3.63) is 47.0 Å². The molecule has 0 atom stereocenters. The predicted molar refractivity (Wildman–Crippen MR) is 156 cm³/mol. The van der Waals surface area contributed by atoms with Crippen LogP contribution in [0.1, 0.15) is 44.1 Å². The van der Waals surface area contributed by atoms with E-state index >= 15 is 0 Å². The van der Waals surface area contributed by atoms with Crippen LogP contribution in [0.25, 0.3) is 0 Å². The molecule has 0 spiro atoms. The zero-order valence-electron chi connectivity index (χ0n) is 23.4. The van der Waals surface area contributed by atoms with Gasteiger partial charge in [0.15, 0.2) is 0 Å². The van der Waals surface area contributed by atoms with E-state index in [9.17, 15) is 22.4 Å². The summed E-state index contributed by atoms with van der Waals surface area (Å²) in [5, 5.41) is 3.23. The van der Waals surface area contributed by atoms with Crippen LogP contribution in [0, 0.1) is 17.7 Å². The summed E-state index contributed by atoms with van der Waals surface area (Å²) in [5.41, 5.74) is 0.274. The number of piperidine rings is 1. The zero-order chi connectivity index (χ0) is 30.1. The smallest absolute Gasteiger partial charge is 0.264 e. The van der Waals surface area contributed by atoms with Crippen LogP contribution in [-0.2, 0) is 26.1 Å². The maximum Gasteiger partial charge on any atom is 0.264 e. The van der Waals surface area contributed by atoms with Crippen LogP contribution in [0.3, 0.4) is 0 Å². The monoisotopic (exact) mass is 625 g/mol. The topological polar surface area (TPSA) is 142 Å². The SMILES string of the molecule is O=C(NCCCCS(=O)(=O)O)C1CN(C(=O)Cc2ccc(OCCCC3CCN(c4ncc(Cl)cn4)CC3)cc2F)C1. The lowest BCUT2D eigenvalue weighted by molar-refractivity contribution is -0.142. The number of nitrogens with zero attached hydrogens (tertiary/aromatic N) is 4. The fraction of sp³-hybridized carbons (Fsp3) is 0.571. The maximum absolute atomic E-state index is 14.7. The molecular weight excluding hydrogens is 589 g/mol. The molecule has 0 aliphatic carbocycles. The minimum Gasteiger partial charge on any atom is -0.493 e. The Morgan fingerprint density at radius 2 is 1.83 bits per heavy atom. The van der Waals surface area contributed by atoms with Crippen molar-refractivity contribution < 1.29 is 31.7 Å². The standard InChI is InChI=1S/C28H37ClFN5O6S/c29-23-16-32-28(33-17-23)34-10-7-20(8-11-34)4-3-12-41-24-6-5-21(25(30)15-24)14-26(36)35-18-22(19-35)27(37)31-9-1-2-13-42(38,39)40/h5-6,15-17,20,22H,1-4,7-14,18-19H2,(H,31,37)(H,38,39,40). The highest BCUT2D eigenvalue weighted by molar-refractivity contribution is 7.85. The molecule has 1 aromatic carbocycles. The minimum atomic E-state index is -4.00. The number of unbranched alkanes of at least 4 members (excludes halogenated alkanes) is 1. The van der Waals surface area contributed by atoms with E-state index in [1.807, 2.05) is 0 Å². The Bertz CT molecular complexity index is 1320. The second-order valence-corrected chi connectivity index (χ2v) is 12.8. The highest BCUT2D eigenvalue weighted by Crippen LogP contribution is 2.25. The number of benzene rings is 1. The van der Waals surface area contributed by atoms with E-state index < -0.39 is 15.9 Å². The van der Waals surface area contributed by atoms with E-state index in [4.69, 9.17) is 20.9 Å². The first-order valence-corrected chi connectivity index (χ1v) is 16.2. The number of carbonyl (C=O) groups is 2. The zero-order valence-corrected chi connectivity index (χ0v) is 25.0. The predicted octanol–water partition coefficient (Wildman–Crippen LogP) is 3.13. The number of hydrogen-bond acceptors (Lipinski definition) is 8. The molecule has 0 saturated carbocycles. The van der Waals surface area contributed by atoms with Crippen LogP contribution in [0.4, 0.5) is 10.3 Å². The summed E-state index contributed by atoms with van der Waals surface area (Å²) in [7, 11) is -4.00. The normalized spacial score (nSPS) is 16.3. The van der Waals surface area contributed by atoms with Crippen LogP contribution < -0.4 is 15.0 Å². The van der Waals surface area contributed by atoms with E-state index in [1.54, 1.807) is 24.5 Å². The second kappa shape index (κ2) is 14.9. The van der Waals surface area contributed by atoms with Crippen molar-refractivity contribution in [3.8, 4) is 5.75 Å². The Kier molecular flexibility index (Phi) is 11.3. The lowest BCUT2D eigenvalue weighted by Crippen LogP contribution is -2.56. The summed E-state index contributed by atoms with van der Waals surface area (Å²) in [4.78, 5) is 37.0. The fourth-order valence-electron chi connectivity index (χ4n) is 5.10. The summed E-state index contributed by atoms with van der Waals surface area (Å²) in [5.74, 6) is 0.0595. The molecule has 42 heavy (non-hydrogen) atoms. The molecule has 2 aliphatic heterocycles. The van der Waals surface area contributed by atoms with E-state index in [0.29, 0.717) is 42.2 Å². The van der Waals surface area contributed by atoms with Gasteiger partial charge in [0.2, 0.25) is 17.8 Å². The van der Waals surface area contributed by atoms with Gasteiger partial charge in [0.25, 0.3) is 10.1 Å². The first-order chi connectivity index (χ1) is 20.1. The Labute approximate surface area is 250 Å². The lowest BCUT2D eigenvalue weighted by Gasteiger charge is -2.38. The van der Waals surface area contributed by atoms with E-state index in [-0.39, 0.29) is 55.0 Å². The number of aromatic nitrogens is 2. The largest absolute Gasteiger partial charge is 0.493 e. The molecule has 2 aliphatic rings. The quantitative estimate of drug-likeness (QED) is 0.239. The maximum atomic E-state index is 14.7. The summed E-state index contributed by atoms with van der Waals surface area (Å²) < 4.78 is 50.6. The molecule has 2 amide bonds. The van der Waals surface area contributed by atoms with Crippen molar-refractivity contribution in [1.29, 1.82) is 0 Å². The highest BCUT2D eigenvalue weighted by atomic mass is 35.5. The molecule has 2 saturated heterocycles. The van der Waals surface area contributed by atoms with Crippen molar-refractivity contribution >= 4 is 39.5 Å². The first-order valence-electron chi connectivity index (χ1n) is 14.2. The van der Waals surface area contributed by atoms with Crippen LogP contribution >= 0.6 is 11.6 Å². The summed E-state index contributed by atoms with van der Waals surface area (Å²) in [6.07, 6.45) is 7.75. The van der Waals surface area contributed by atoms with Gasteiger partial charge < -0.3 is 19.9 Å². The van der Waals surface area contributed by atoms with E-state index in [1.165, 1.54) is 11.0 Å². The molecule has 14 heteroatoms.